The van der Waals surface area contributed by atoms with Gasteiger partial charge in [0.2, 0.25) is 0 Å². The van der Waals surface area contributed by atoms with Gasteiger partial charge in [0.1, 0.15) is 5.78 Å². The second-order valence-electron chi connectivity index (χ2n) is 4.06. The maximum Gasteiger partial charge on any atom is 0.134 e. The lowest BCUT2D eigenvalue weighted by Gasteiger charge is -2.02. The first kappa shape index (κ1) is 9.91. The van der Waals surface area contributed by atoms with E-state index in [9.17, 15) is 4.79 Å². The third-order valence-electron chi connectivity index (χ3n) is 2.51. The van der Waals surface area contributed by atoms with E-state index in [2.05, 4.69) is 37.3 Å². The van der Waals surface area contributed by atoms with Crippen molar-refractivity contribution in [2.75, 3.05) is 0 Å². The second kappa shape index (κ2) is 3.85. The lowest BCUT2D eigenvalue weighted by Crippen LogP contribution is -1.95. The molecule has 0 N–H and O–H groups in total. The van der Waals surface area contributed by atoms with Gasteiger partial charge in [-0.25, -0.2) is 0 Å². The van der Waals surface area contributed by atoms with E-state index in [1.165, 1.54) is 16.3 Å². The Balaban J connectivity index is 2.47. The fourth-order valence-corrected chi connectivity index (χ4v) is 1.81. The largest absolute Gasteiger partial charge is 0.300 e. The lowest BCUT2D eigenvalue weighted by atomic mass is 10.0. The van der Waals surface area contributed by atoms with Gasteiger partial charge in [0.15, 0.2) is 0 Å². The Morgan fingerprint density at radius 1 is 1.07 bits per heavy atom. The Bertz CT molecular complexity index is 512. The zero-order valence-electron chi connectivity index (χ0n) is 9.08. The van der Waals surface area contributed by atoms with Gasteiger partial charge in [0.05, 0.1) is 0 Å². The highest BCUT2D eigenvalue weighted by Crippen LogP contribution is 2.18. The van der Waals surface area contributed by atoms with Crippen molar-refractivity contribution in [3.63, 3.8) is 0 Å². The molecule has 0 spiro atoms. The highest BCUT2D eigenvalue weighted by atomic mass is 16.1. The van der Waals surface area contributed by atoms with Crippen molar-refractivity contribution < 1.29 is 4.79 Å². The van der Waals surface area contributed by atoms with E-state index in [1.807, 2.05) is 6.07 Å². The minimum Gasteiger partial charge on any atom is -0.300 e. The Morgan fingerprint density at radius 3 is 2.47 bits per heavy atom. The van der Waals surface area contributed by atoms with Gasteiger partial charge < -0.3 is 0 Å². The van der Waals surface area contributed by atoms with E-state index < -0.39 is 0 Å². The predicted octanol–water partition coefficient (Wildman–Crippen LogP) is 3.28. The average molecular weight is 198 g/mol. The van der Waals surface area contributed by atoms with Crippen LogP contribution >= 0.6 is 0 Å². The van der Waals surface area contributed by atoms with E-state index >= 15 is 0 Å². The number of rotatable bonds is 2. The van der Waals surface area contributed by atoms with Crippen LogP contribution in [-0.2, 0) is 11.2 Å². The molecule has 0 saturated carbocycles. The normalized spacial score (nSPS) is 10.5. The summed E-state index contributed by atoms with van der Waals surface area (Å²) in [5, 5.41) is 2.45. The van der Waals surface area contributed by atoms with Gasteiger partial charge in [-0.2, -0.15) is 0 Å². The molecule has 0 fully saturated rings. The summed E-state index contributed by atoms with van der Waals surface area (Å²) in [4.78, 5) is 11.0. The Hall–Kier alpha value is -1.63. The number of carbonyl (C=O) groups excluding carboxylic acids is 1. The van der Waals surface area contributed by atoms with Crippen molar-refractivity contribution >= 4 is 16.6 Å². The molecular weight excluding hydrogens is 184 g/mol. The first-order valence-electron chi connectivity index (χ1n) is 5.14. The van der Waals surface area contributed by atoms with E-state index in [0.717, 1.165) is 5.56 Å². The average Bonchev–Trinajstić information content (AvgIpc) is 2.17. The summed E-state index contributed by atoms with van der Waals surface area (Å²) in [7, 11) is 0. The van der Waals surface area contributed by atoms with Gasteiger partial charge >= 0.3 is 0 Å². The molecule has 0 aliphatic carbocycles. The molecule has 76 valence electrons. The molecule has 0 saturated heterocycles. The van der Waals surface area contributed by atoms with Crippen LogP contribution in [0.4, 0.5) is 0 Å². The van der Waals surface area contributed by atoms with Crippen molar-refractivity contribution in [3.05, 3.63) is 47.5 Å². The van der Waals surface area contributed by atoms with E-state index in [-0.39, 0.29) is 5.78 Å². The quantitative estimate of drug-likeness (QED) is 0.723. The molecule has 0 bridgehead atoms. The molecule has 0 unspecified atom stereocenters. The van der Waals surface area contributed by atoms with Crippen LogP contribution in [0.25, 0.3) is 10.8 Å². The van der Waals surface area contributed by atoms with Crippen LogP contribution in [0.2, 0.25) is 0 Å². The Morgan fingerprint density at radius 2 is 1.73 bits per heavy atom. The summed E-state index contributed by atoms with van der Waals surface area (Å²) in [6.07, 6.45) is 0.532. The van der Waals surface area contributed by atoms with Crippen molar-refractivity contribution in [1.82, 2.24) is 0 Å². The van der Waals surface area contributed by atoms with E-state index in [0.29, 0.717) is 6.42 Å². The third kappa shape index (κ3) is 2.24. The molecule has 1 nitrogen and oxygen atoms in total. The molecule has 0 atom stereocenters. The molecule has 15 heavy (non-hydrogen) atoms. The molecule has 0 heterocycles. The van der Waals surface area contributed by atoms with Crippen LogP contribution in [-0.4, -0.2) is 5.78 Å². The predicted molar refractivity (Wildman–Crippen MR) is 63.1 cm³/mol. The number of aryl methyl sites for hydroxylation is 1. The maximum atomic E-state index is 11.0. The van der Waals surface area contributed by atoms with Gasteiger partial charge in [-0.05, 0) is 30.2 Å². The van der Waals surface area contributed by atoms with Crippen LogP contribution in [0, 0.1) is 6.92 Å². The highest BCUT2D eigenvalue weighted by Gasteiger charge is 1.99. The van der Waals surface area contributed by atoms with Crippen LogP contribution in [0.5, 0.6) is 0 Å². The Kier molecular flexibility index (Phi) is 2.55. The van der Waals surface area contributed by atoms with Crippen LogP contribution in [0.15, 0.2) is 36.4 Å². The zero-order chi connectivity index (χ0) is 10.8. The molecule has 0 amide bonds. The van der Waals surface area contributed by atoms with Crippen LogP contribution in [0.3, 0.4) is 0 Å². The summed E-state index contributed by atoms with van der Waals surface area (Å²) >= 11 is 0. The number of carbonyl (C=O) groups is 1. The van der Waals surface area contributed by atoms with Gasteiger partial charge in [-0.15, -0.1) is 0 Å². The minimum absolute atomic E-state index is 0.210. The first-order chi connectivity index (χ1) is 7.15. The maximum absolute atomic E-state index is 11.0. The van der Waals surface area contributed by atoms with Gasteiger partial charge in [0, 0.05) is 6.42 Å². The molecule has 2 aromatic rings. The topological polar surface area (TPSA) is 17.1 Å². The molecule has 0 radical (unpaired) electrons. The molecule has 2 aromatic carbocycles. The van der Waals surface area contributed by atoms with Crippen molar-refractivity contribution in [2.45, 2.75) is 20.3 Å². The Labute approximate surface area is 89.7 Å². The molecule has 1 heteroatoms. The summed E-state index contributed by atoms with van der Waals surface area (Å²) in [6.45, 7) is 3.71. The number of benzene rings is 2. The summed E-state index contributed by atoms with van der Waals surface area (Å²) in [5.74, 6) is 0.210. The second-order valence-corrected chi connectivity index (χ2v) is 4.06. The summed E-state index contributed by atoms with van der Waals surface area (Å²) < 4.78 is 0. The van der Waals surface area contributed by atoms with Crippen molar-refractivity contribution in [1.29, 1.82) is 0 Å². The lowest BCUT2D eigenvalue weighted by molar-refractivity contribution is -0.116. The minimum atomic E-state index is 0.210. The summed E-state index contributed by atoms with van der Waals surface area (Å²) in [5.41, 5.74) is 2.36. The SMILES string of the molecule is CC(=O)Cc1ccc2cc(C)ccc2c1. The van der Waals surface area contributed by atoms with Gasteiger partial charge in [0.25, 0.3) is 0 Å². The highest BCUT2D eigenvalue weighted by molar-refractivity contribution is 5.85. The van der Waals surface area contributed by atoms with Gasteiger partial charge in [-0.1, -0.05) is 42.0 Å². The van der Waals surface area contributed by atoms with Crippen LogP contribution in [0.1, 0.15) is 18.1 Å². The van der Waals surface area contributed by atoms with Crippen molar-refractivity contribution in [3.8, 4) is 0 Å². The fourth-order valence-electron chi connectivity index (χ4n) is 1.81. The van der Waals surface area contributed by atoms with Crippen LogP contribution < -0.4 is 0 Å². The fraction of sp³-hybridized carbons (Fsp3) is 0.214. The number of fused-ring (bicyclic) bond motifs is 1. The number of Topliss-reactive ketones (excluding diaryl/α,β-unsaturated/α-hetero) is 1. The van der Waals surface area contributed by atoms with E-state index in [1.54, 1.807) is 6.92 Å². The standard InChI is InChI=1S/C14H14O/c1-10-3-5-14-9-12(8-11(2)15)4-6-13(14)7-10/h3-7,9H,8H2,1-2H3. The zero-order valence-corrected chi connectivity index (χ0v) is 9.08. The summed E-state index contributed by atoms with van der Waals surface area (Å²) in [6, 6.07) is 12.6. The number of hydrogen-bond donors (Lipinski definition) is 0. The van der Waals surface area contributed by atoms with Gasteiger partial charge in [-0.3, -0.25) is 4.79 Å². The third-order valence-corrected chi connectivity index (χ3v) is 2.51. The molecule has 0 aromatic heterocycles. The molecule has 2 rings (SSSR count). The molecular formula is C14H14O. The van der Waals surface area contributed by atoms with Crippen molar-refractivity contribution in [2.24, 2.45) is 0 Å². The van der Waals surface area contributed by atoms with E-state index in [4.69, 9.17) is 0 Å². The molecule has 0 aliphatic heterocycles. The number of hydrogen-bond acceptors (Lipinski definition) is 1. The number of ketones is 1. The smallest absolute Gasteiger partial charge is 0.134 e. The monoisotopic (exact) mass is 198 g/mol. The molecule has 0 aliphatic rings. The first-order valence-corrected chi connectivity index (χ1v) is 5.14.